The van der Waals surface area contributed by atoms with Crippen LogP contribution >= 0.6 is 0 Å². The van der Waals surface area contributed by atoms with E-state index in [4.69, 9.17) is 0 Å². The first-order valence-corrected chi connectivity index (χ1v) is 7.15. The third kappa shape index (κ3) is 3.21. The van der Waals surface area contributed by atoms with Crippen molar-refractivity contribution in [1.82, 2.24) is 5.32 Å². The van der Waals surface area contributed by atoms with Gasteiger partial charge in [0, 0.05) is 17.3 Å². The van der Waals surface area contributed by atoms with Crippen molar-refractivity contribution in [2.24, 2.45) is 0 Å². The number of amides is 1. The molecule has 1 amide bonds. The molecule has 2 N–H and O–H groups in total. The number of rotatable bonds is 3. The van der Waals surface area contributed by atoms with Crippen molar-refractivity contribution >= 4 is 17.3 Å². The van der Waals surface area contributed by atoms with Gasteiger partial charge in [-0.05, 0) is 58.2 Å². The Labute approximate surface area is 124 Å². The van der Waals surface area contributed by atoms with Gasteiger partial charge in [-0.3, -0.25) is 14.9 Å². The van der Waals surface area contributed by atoms with E-state index in [1.165, 1.54) is 6.07 Å². The van der Waals surface area contributed by atoms with E-state index in [1.54, 1.807) is 19.9 Å². The zero-order chi connectivity index (χ0) is 15.6. The van der Waals surface area contributed by atoms with E-state index < -0.39 is 10.5 Å². The monoisotopic (exact) mass is 291 g/mol. The Morgan fingerprint density at radius 2 is 2.05 bits per heavy atom. The fraction of sp³-hybridized carbons (Fsp3) is 0.533. The van der Waals surface area contributed by atoms with Gasteiger partial charge in [0.1, 0.15) is 0 Å². The van der Waals surface area contributed by atoms with Crippen molar-refractivity contribution in [3.05, 3.63) is 33.4 Å². The average molecular weight is 291 g/mol. The average Bonchev–Trinajstić information content (AvgIpc) is 2.43. The van der Waals surface area contributed by atoms with Gasteiger partial charge < -0.3 is 10.6 Å². The maximum atomic E-state index is 12.5. The minimum absolute atomic E-state index is 0.0764. The Balaban J connectivity index is 2.21. The number of nitrogens with one attached hydrogen (secondary N) is 2. The van der Waals surface area contributed by atoms with Crippen molar-refractivity contribution in [2.75, 3.05) is 11.9 Å². The lowest BCUT2D eigenvalue weighted by Crippen LogP contribution is -2.54. The van der Waals surface area contributed by atoms with E-state index in [9.17, 15) is 14.9 Å². The molecule has 6 heteroatoms. The number of aryl methyl sites for hydroxylation is 2. The molecule has 1 aromatic rings. The van der Waals surface area contributed by atoms with E-state index in [1.807, 2.05) is 6.92 Å². The second kappa shape index (κ2) is 5.81. The van der Waals surface area contributed by atoms with Gasteiger partial charge in [0.05, 0.1) is 10.5 Å². The molecule has 1 atom stereocenters. The third-order valence-corrected chi connectivity index (χ3v) is 4.11. The largest absolute Gasteiger partial charge is 0.324 e. The van der Waals surface area contributed by atoms with Gasteiger partial charge in [0.15, 0.2) is 0 Å². The summed E-state index contributed by atoms with van der Waals surface area (Å²) in [4.78, 5) is 23.0. The molecule has 1 fully saturated rings. The number of carbonyl (C=O) groups excluding carboxylic acids is 1. The van der Waals surface area contributed by atoms with Crippen LogP contribution in [0.25, 0.3) is 0 Å². The van der Waals surface area contributed by atoms with Crippen molar-refractivity contribution in [3.8, 4) is 0 Å². The molecular formula is C15H21N3O3. The summed E-state index contributed by atoms with van der Waals surface area (Å²) in [5.41, 5.74) is 1.38. The molecule has 1 saturated heterocycles. The van der Waals surface area contributed by atoms with Gasteiger partial charge in [-0.2, -0.15) is 0 Å². The highest BCUT2D eigenvalue weighted by Gasteiger charge is 2.34. The van der Waals surface area contributed by atoms with Gasteiger partial charge in [-0.25, -0.2) is 0 Å². The first kappa shape index (κ1) is 15.4. The Kier molecular flexibility index (Phi) is 4.27. The van der Waals surface area contributed by atoms with Crippen LogP contribution in [0, 0.1) is 24.0 Å². The van der Waals surface area contributed by atoms with Crippen molar-refractivity contribution in [3.63, 3.8) is 0 Å². The van der Waals surface area contributed by atoms with Crippen LogP contribution in [0.2, 0.25) is 0 Å². The number of nitro benzene ring substituents is 1. The number of carbonyl (C=O) groups is 1. The van der Waals surface area contributed by atoms with Crippen molar-refractivity contribution in [2.45, 2.75) is 45.6 Å². The lowest BCUT2D eigenvalue weighted by Gasteiger charge is -2.33. The van der Waals surface area contributed by atoms with Crippen LogP contribution in [0.15, 0.2) is 12.1 Å². The fourth-order valence-corrected chi connectivity index (χ4v) is 2.64. The van der Waals surface area contributed by atoms with Gasteiger partial charge in [0.25, 0.3) is 5.69 Å². The molecule has 1 aliphatic rings. The van der Waals surface area contributed by atoms with Crippen LogP contribution in [-0.2, 0) is 4.79 Å². The minimum atomic E-state index is -0.569. The number of nitrogens with zero attached hydrogens (tertiary/aromatic N) is 1. The zero-order valence-electron chi connectivity index (χ0n) is 12.7. The third-order valence-electron chi connectivity index (χ3n) is 4.11. The molecule has 2 rings (SSSR count). The Morgan fingerprint density at radius 3 is 2.62 bits per heavy atom. The van der Waals surface area contributed by atoms with Gasteiger partial charge in [-0.1, -0.05) is 0 Å². The molecule has 0 aromatic heterocycles. The van der Waals surface area contributed by atoms with E-state index >= 15 is 0 Å². The summed E-state index contributed by atoms with van der Waals surface area (Å²) < 4.78 is 0. The summed E-state index contributed by atoms with van der Waals surface area (Å²) in [7, 11) is 0. The Morgan fingerprint density at radius 1 is 1.33 bits per heavy atom. The molecule has 6 nitrogen and oxygen atoms in total. The second-order valence-electron chi connectivity index (χ2n) is 5.88. The standard InChI is InChI=1S/C15H21N3O3/c1-10-9-13(18(20)21)11(2)8-12(10)17-14(19)15(3)6-4-5-7-16-15/h8-9,16H,4-7H2,1-3H3,(H,17,19). The minimum Gasteiger partial charge on any atom is -0.324 e. The molecule has 1 aliphatic heterocycles. The quantitative estimate of drug-likeness (QED) is 0.662. The summed E-state index contributed by atoms with van der Waals surface area (Å²) in [6, 6.07) is 3.17. The fourth-order valence-electron chi connectivity index (χ4n) is 2.64. The molecule has 0 bridgehead atoms. The van der Waals surface area contributed by atoms with E-state index in [2.05, 4.69) is 10.6 Å². The molecule has 1 heterocycles. The number of benzene rings is 1. The topological polar surface area (TPSA) is 84.3 Å². The molecule has 0 spiro atoms. The molecule has 114 valence electrons. The van der Waals surface area contributed by atoms with Crippen LogP contribution in [0.5, 0.6) is 0 Å². The molecule has 1 unspecified atom stereocenters. The van der Waals surface area contributed by atoms with E-state index in [0.717, 1.165) is 25.8 Å². The lowest BCUT2D eigenvalue weighted by molar-refractivity contribution is -0.385. The van der Waals surface area contributed by atoms with Crippen LogP contribution in [0.3, 0.4) is 0 Å². The predicted molar refractivity (Wildman–Crippen MR) is 81.5 cm³/mol. The number of anilines is 1. The van der Waals surface area contributed by atoms with Crippen molar-refractivity contribution in [1.29, 1.82) is 0 Å². The molecule has 0 radical (unpaired) electrons. The van der Waals surface area contributed by atoms with Crippen molar-refractivity contribution < 1.29 is 9.72 Å². The normalized spacial score (nSPS) is 21.9. The summed E-state index contributed by atoms with van der Waals surface area (Å²) in [5, 5.41) is 17.1. The summed E-state index contributed by atoms with van der Waals surface area (Å²) >= 11 is 0. The summed E-state index contributed by atoms with van der Waals surface area (Å²) in [6.07, 6.45) is 2.90. The molecular weight excluding hydrogens is 270 g/mol. The molecule has 1 aromatic carbocycles. The zero-order valence-corrected chi connectivity index (χ0v) is 12.7. The highest BCUT2D eigenvalue weighted by atomic mass is 16.6. The number of hydrogen-bond acceptors (Lipinski definition) is 4. The second-order valence-corrected chi connectivity index (χ2v) is 5.88. The molecule has 0 saturated carbocycles. The predicted octanol–water partition coefficient (Wildman–Crippen LogP) is 2.68. The lowest BCUT2D eigenvalue weighted by atomic mass is 9.90. The molecule has 0 aliphatic carbocycles. The van der Waals surface area contributed by atoms with Gasteiger partial charge in [-0.15, -0.1) is 0 Å². The van der Waals surface area contributed by atoms with E-state index in [0.29, 0.717) is 16.8 Å². The van der Waals surface area contributed by atoms with Crippen LogP contribution in [0.1, 0.15) is 37.3 Å². The summed E-state index contributed by atoms with van der Waals surface area (Å²) in [6.45, 7) is 6.17. The van der Waals surface area contributed by atoms with Gasteiger partial charge >= 0.3 is 0 Å². The highest BCUT2D eigenvalue weighted by molar-refractivity contribution is 5.98. The molecule has 21 heavy (non-hydrogen) atoms. The first-order chi connectivity index (χ1) is 9.83. The Bertz CT molecular complexity index is 578. The number of piperidine rings is 1. The van der Waals surface area contributed by atoms with Crippen LogP contribution < -0.4 is 10.6 Å². The number of hydrogen-bond donors (Lipinski definition) is 2. The smallest absolute Gasteiger partial charge is 0.272 e. The van der Waals surface area contributed by atoms with Gasteiger partial charge in [0.2, 0.25) is 5.91 Å². The van der Waals surface area contributed by atoms with Crippen LogP contribution in [0.4, 0.5) is 11.4 Å². The highest BCUT2D eigenvalue weighted by Crippen LogP contribution is 2.27. The summed E-state index contributed by atoms with van der Waals surface area (Å²) in [5.74, 6) is -0.0847. The Hall–Kier alpha value is -1.95. The SMILES string of the molecule is Cc1cc([N+](=O)[O-])c(C)cc1NC(=O)C1(C)CCCCN1. The first-order valence-electron chi connectivity index (χ1n) is 7.15. The maximum Gasteiger partial charge on any atom is 0.272 e. The van der Waals surface area contributed by atoms with Crippen LogP contribution in [-0.4, -0.2) is 22.9 Å². The number of nitro groups is 1. The maximum absolute atomic E-state index is 12.5. The van der Waals surface area contributed by atoms with E-state index in [-0.39, 0.29) is 11.6 Å².